The molecule has 0 heterocycles. The Kier molecular flexibility index (Phi) is 7.94. The first-order valence-electron chi connectivity index (χ1n) is 8.40. The van der Waals surface area contributed by atoms with E-state index >= 15 is 0 Å². The van der Waals surface area contributed by atoms with E-state index in [1.54, 1.807) is 6.08 Å². The molecule has 0 spiro atoms. The zero-order valence-corrected chi connectivity index (χ0v) is 13.7. The molecule has 0 atom stereocenters. The number of esters is 1. The molecule has 1 saturated carbocycles. The minimum absolute atomic E-state index is 0.167. The van der Waals surface area contributed by atoms with Crippen molar-refractivity contribution in [2.45, 2.75) is 97.0 Å². The monoisotopic (exact) mass is 280 g/mol. The molecule has 1 aliphatic rings. The summed E-state index contributed by atoms with van der Waals surface area (Å²) in [4.78, 5) is 11.9. The van der Waals surface area contributed by atoms with Crippen molar-refractivity contribution >= 4 is 5.97 Å². The van der Waals surface area contributed by atoms with Crippen molar-refractivity contribution in [3.8, 4) is 0 Å². The summed E-state index contributed by atoms with van der Waals surface area (Å²) in [5.74, 6) is -0.167. The van der Waals surface area contributed by atoms with Crippen molar-refractivity contribution in [1.82, 2.24) is 0 Å². The summed E-state index contributed by atoms with van der Waals surface area (Å²) in [7, 11) is 0. The third-order valence-electron chi connectivity index (χ3n) is 3.72. The summed E-state index contributed by atoms with van der Waals surface area (Å²) in [6, 6.07) is 0. The molecule has 1 rings (SSSR count). The number of ether oxygens (including phenoxy) is 1. The average Bonchev–Trinajstić information content (AvgIpc) is 2.30. The molecule has 0 saturated heterocycles. The van der Waals surface area contributed by atoms with E-state index in [2.05, 4.69) is 0 Å². The highest BCUT2D eigenvalue weighted by Crippen LogP contribution is 2.21. The Morgan fingerprint density at radius 1 is 0.850 bits per heavy atom. The van der Waals surface area contributed by atoms with Gasteiger partial charge in [-0.3, -0.25) is 0 Å². The first-order valence-corrected chi connectivity index (χ1v) is 8.40. The fourth-order valence-corrected chi connectivity index (χ4v) is 2.71. The van der Waals surface area contributed by atoms with Crippen LogP contribution in [0.3, 0.4) is 0 Å². The minimum Gasteiger partial charge on any atom is -0.457 e. The van der Waals surface area contributed by atoms with Crippen LogP contribution in [0.5, 0.6) is 0 Å². The lowest BCUT2D eigenvalue weighted by Crippen LogP contribution is -2.22. The highest BCUT2D eigenvalue weighted by atomic mass is 16.6. The Bertz CT molecular complexity index is 296. The van der Waals surface area contributed by atoms with Gasteiger partial charge in [0, 0.05) is 6.08 Å². The Balaban J connectivity index is 2.50. The zero-order valence-electron chi connectivity index (χ0n) is 13.7. The lowest BCUT2D eigenvalue weighted by molar-refractivity contribution is -0.148. The smallest absolute Gasteiger partial charge is 0.331 e. The van der Waals surface area contributed by atoms with Crippen molar-refractivity contribution < 1.29 is 9.53 Å². The normalized spacial score (nSPS) is 19.6. The van der Waals surface area contributed by atoms with Gasteiger partial charge >= 0.3 is 5.97 Å². The average molecular weight is 280 g/mol. The van der Waals surface area contributed by atoms with Crippen LogP contribution in [-0.2, 0) is 9.53 Å². The van der Waals surface area contributed by atoms with Crippen LogP contribution in [0.25, 0.3) is 0 Å². The predicted octanol–water partition coefficient (Wildman–Crippen LogP) is 5.56. The van der Waals surface area contributed by atoms with E-state index in [1.807, 2.05) is 20.8 Å². The maximum Gasteiger partial charge on any atom is 0.331 e. The molecule has 20 heavy (non-hydrogen) atoms. The molecular weight excluding hydrogens is 248 g/mol. The summed E-state index contributed by atoms with van der Waals surface area (Å²) in [5, 5.41) is 0. The molecule has 1 fully saturated rings. The van der Waals surface area contributed by atoms with Gasteiger partial charge in [0.2, 0.25) is 0 Å². The molecular formula is C18H32O2. The minimum atomic E-state index is -0.389. The van der Waals surface area contributed by atoms with Crippen molar-refractivity contribution in [1.29, 1.82) is 0 Å². The summed E-state index contributed by atoms with van der Waals surface area (Å²) < 4.78 is 5.40. The second-order valence-electron chi connectivity index (χ2n) is 7.02. The second-order valence-corrected chi connectivity index (χ2v) is 7.02. The maximum absolute atomic E-state index is 11.9. The Morgan fingerprint density at radius 3 is 1.65 bits per heavy atom. The van der Waals surface area contributed by atoms with Crippen LogP contribution in [0.2, 0.25) is 0 Å². The molecule has 0 aliphatic heterocycles. The lowest BCUT2D eigenvalue weighted by atomic mass is 9.97. The summed E-state index contributed by atoms with van der Waals surface area (Å²) in [6.45, 7) is 5.76. The van der Waals surface area contributed by atoms with Gasteiger partial charge in [-0.15, -0.1) is 0 Å². The lowest BCUT2D eigenvalue weighted by Gasteiger charge is -2.19. The van der Waals surface area contributed by atoms with Crippen LogP contribution in [0.4, 0.5) is 0 Å². The third kappa shape index (κ3) is 9.17. The van der Waals surface area contributed by atoms with E-state index in [1.165, 1.54) is 63.4 Å². The van der Waals surface area contributed by atoms with Gasteiger partial charge in [-0.25, -0.2) is 4.79 Å². The molecule has 116 valence electrons. The molecule has 0 unspecified atom stereocenters. The van der Waals surface area contributed by atoms with E-state index in [4.69, 9.17) is 4.74 Å². The quantitative estimate of drug-likeness (QED) is 0.464. The number of carbonyl (C=O) groups excluding carboxylic acids is 1. The van der Waals surface area contributed by atoms with Crippen LogP contribution in [-0.4, -0.2) is 11.6 Å². The molecule has 2 heteroatoms. The van der Waals surface area contributed by atoms with Crippen molar-refractivity contribution in [2.75, 3.05) is 0 Å². The molecule has 0 amide bonds. The van der Waals surface area contributed by atoms with E-state index in [0.29, 0.717) is 0 Å². The van der Waals surface area contributed by atoms with Crippen LogP contribution in [0.1, 0.15) is 91.4 Å². The van der Waals surface area contributed by atoms with Gasteiger partial charge < -0.3 is 4.74 Å². The summed E-state index contributed by atoms with van der Waals surface area (Å²) in [6.07, 6.45) is 15.8. The molecule has 1 aliphatic carbocycles. The molecule has 0 N–H and O–H groups in total. The first kappa shape index (κ1) is 17.3. The van der Waals surface area contributed by atoms with Gasteiger partial charge in [-0.1, -0.05) is 50.5 Å². The van der Waals surface area contributed by atoms with Crippen molar-refractivity contribution in [3.05, 3.63) is 11.6 Å². The van der Waals surface area contributed by atoms with Gasteiger partial charge in [-0.2, -0.15) is 0 Å². The van der Waals surface area contributed by atoms with Crippen LogP contribution in [0, 0.1) is 0 Å². The summed E-state index contributed by atoms with van der Waals surface area (Å²) >= 11 is 0. The molecule has 2 nitrogen and oxygen atoms in total. The largest absolute Gasteiger partial charge is 0.457 e. The van der Waals surface area contributed by atoms with E-state index < -0.39 is 0 Å². The first-order chi connectivity index (χ1) is 9.47. The second kappa shape index (κ2) is 9.20. The van der Waals surface area contributed by atoms with Gasteiger partial charge in [0.15, 0.2) is 0 Å². The Morgan fingerprint density at radius 2 is 1.25 bits per heavy atom. The molecule has 0 aromatic heterocycles. The summed E-state index contributed by atoms with van der Waals surface area (Å²) in [5.41, 5.74) is 0.902. The van der Waals surface area contributed by atoms with E-state index in [0.717, 1.165) is 12.8 Å². The van der Waals surface area contributed by atoms with E-state index in [9.17, 15) is 4.79 Å². The number of rotatable bonds is 1. The zero-order chi connectivity index (χ0) is 14.8. The standard InChI is InChI=1S/C18H32O2/c1-18(2,3)20-17(19)15-16-13-11-9-7-5-4-6-8-10-12-14-16/h15H,4-14H2,1-3H3. The highest BCUT2D eigenvalue weighted by molar-refractivity contribution is 5.83. The molecule has 0 aromatic carbocycles. The van der Waals surface area contributed by atoms with Gasteiger partial charge in [0.1, 0.15) is 5.60 Å². The van der Waals surface area contributed by atoms with Crippen LogP contribution < -0.4 is 0 Å². The molecule has 0 radical (unpaired) electrons. The predicted molar refractivity (Wildman–Crippen MR) is 84.7 cm³/mol. The molecule has 0 bridgehead atoms. The highest BCUT2D eigenvalue weighted by Gasteiger charge is 2.15. The number of hydrogen-bond donors (Lipinski definition) is 0. The third-order valence-corrected chi connectivity index (χ3v) is 3.72. The SMILES string of the molecule is CC(C)(C)OC(=O)C=C1CCCCCCCCCCC1. The Labute approximate surface area is 125 Å². The number of carbonyl (C=O) groups is 1. The molecule has 0 aromatic rings. The van der Waals surface area contributed by atoms with Gasteiger partial charge in [0.05, 0.1) is 0 Å². The number of allylic oxidation sites excluding steroid dienone is 1. The maximum atomic E-state index is 11.9. The fourth-order valence-electron chi connectivity index (χ4n) is 2.71. The number of hydrogen-bond acceptors (Lipinski definition) is 2. The Hall–Kier alpha value is -0.790. The van der Waals surface area contributed by atoms with Crippen molar-refractivity contribution in [3.63, 3.8) is 0 Å². The van der Waals surface area contributed by atoms with E-state index in [-0.39, 0.29) is 11.6 Å². The van der Waals surface area contributed by atoms with Crippen molar-refractivity contribution in [2.24, 2.45) is 0 Å². The van der Waals surface area contributed by atoms with Crippen LogP contribution >= 0.6 is 0 Å². The van der Waals surface area contributed by atoms with Gasteiger partial charge in [-0.05, 0) is 46.5 Å². The topological polar surface area (TPSA) is 26.3 Å². The van der Waals surface area contributed by atoms with Crippen LogP contribution in [0.15, 0.2) is 11.6 Å². The fraction of sp³-hybridized carbons (Fsp3) is 0.833. The van der Waals surface area contributed by atoms with Gasteiger partial charge in [0.25, 0.3) is 0 Å².